The van der Waals surface area contributed by atoms with Crippen LogP contribution in [0, 0.1) is 25.6 Å². The summed E-state index contributed by atoms with van der Waals surface area (Å²) in [5.74, 6) is -0.163. The fourth-order valence-electron chi connectivity index (χ4n) is 6.58. The molecule has 1 aromatic carbocycles. The number of carbonyl (C=O) groups excluding carboxylic acids is 2. The van der Waals surface area contributed by atoms with Gasteiger partial charge in [-0.25, -0.2) is 4.39 Å². The molecular formula is C31H43Cl2FN4O3. The summed E-state index contributed by atoms with van der Waals surface area (Å²) in [6.07, 6.45) is 6.14. The number of amides is 2. The predicted octanol–water partition coefficient (Wildman–Crippen LogP) is 5.21. The molecule has 2 amide bonds. The highest BCUT2D eigenvalue weighted by Crippen LogP contribution is 2.34. The van der Waals surface area contributed by atoms with Crippen molar-refractivity contribution in [2.45, 2.75) is 71.0 Å². The Hall–Kier alpha value is -2.26. The van der Waals surface area contributed by atoms with E-state index in [-0.39, 0.29) is 59.9 Å². The number of hydrogen-bond donors (Lipinski definition) is 0. The lowest BCUT2D eigenvalue weighted by Gasteiger charge is -2.50. The van der Waals surface area contributed by atoms with Gasteiger partial charge in [0, 0.05) is 57.1 Å². The Morgan fingerprint density at radius 2 is 1.78 bits per heavy atom. The first-order chi connectivity index (χ1) is 18.7. The maximum absolute atomic E-state index is 13.9. The van der Waals surface area contributed by atoms with Crippen molar-refractivity contribution < 1.29 is 18.7 Å². The predicted molar refractivity (Wildman–Crippen MR) is 162 cm³/mol. The van der Waals surface area contributed by atoms with E-state index in [0.717, 1.165) is 80.7 Å². The number of aromatic nitrogens is 1. The number of carbonyl (C=O) groups is 2. The van der Waals surface area contributed by atoms with Gasteiger partial charge in [0.15, 0.2) is 0 Å². The van der Waals surface area contributed by atoms with Gasteiger partial charge in [-0.2, -0.15) is 0 Å². The van der Waals surface area contributed by atoms with E-state index in [1.165, 1.54) is 12.1 Å². The molecule has 0 bridgehead atoms. The van der Waals surface area contributed by atoms with Crippen LogP contribution in [0.1, 0.15) is 66.2 Å². The molecule has 7 nitrogen and oxygen atoms in total. The molecule has 0 saturated carbocycles. The Balaban J connectivity index is 0.00000231. The average Bonchev–Trinajstić information content (AvgIpc) is 3.47. The summed E-state index contributed by atoms with van der Waals surface area (Å²) in [4.78, 5) is 37.7. The zero-order valence-corrected chi connectivity index (χ0v) is 25.9. The molecule has 5 rings (SSSR count). The third-order valence-electron chi connectivity index (χ3n) is 9.16. The lowest BCUT2D eigenvalue weighted by molar-refractivity contribution is -0.140. The number of hydrogen-bond acceptors (Lipinski definition) is 5. The molecule has 3 fully saturated rings. The van der Waals surface area contributed by atoms with Gasteiger partial charge >= 0.3 is 0 Å². The third-order valence-corrected chi connectivity index (χ3v) is 9.16. The number of benzene rings is 1. The molecule has 1 unspecified atom stereocenters. The maximum Gasteiger partial charge on any atom is 0.255 e. The van der Waals surface area contributed by atoms with Crippen LogP contribution < -0.4 is 0 Å². The Morgan fingerprint density at radius 3 is 2.39 bits per heavy atom. The standard InChI is InChI=1S/C31H41FN4O3.2ClH/c1-22-7-13-33-23(2)28(22)30(38)34-16-11-31(3,12-17-34)35-14-8-27(9-15-35)36(29(37)25-10-18-39-21-25)20-24-5-4-6-26(32)19-24;;/h4-7,13,19,25,27H,8-12,14-18,20-21H2,1-3H3;2*1H. The first-order valence-corrected chi connectivity index (χ1v) is 14.3. The number of nitrogens with zero attached hydrogens (tertiary/aromatic N) is 4. The summed E-state index contributed by atoms with van der Waals surface area (Å²) >= 11 is 0. The molecule has 0 aliphatic carbocycles. The minimum absolute atomic E-state index is 0. The zero-order chi connectivity index (χ0) is 27.6. The summed E-state index contributed by atoms with van der Waals surface area (Å²) in [6.45, 7) is 11.0. The third kappa shape index (κ3) is 7.39. The second-order valence-electron chi connectivity index (χ2n) is 11.8. The van der Waals surface area contributed by atoms with Crippen molar-refractivity contribution in [1.82, 2.24) is 19.7 Å². The highest BCUT2D eigenvalue weighted by Gasteiger charge is 2.41. The molecule has 1 atom stereocenters. The SMILES string of the molecule is Cc1ccnc(C)c1C(=O)N1CCC(C)(N2CCC(N(Cc3cccc(F)c3)C(=O)C3CCOC3)CC2)CC1.Cl.Cl. The molecule has 3 saturated heterocycles. The highest BCUT2D eigenvalue weighted by molar-refractivity contribution is 5.96. The molecule has 4 heterocycles. The van der Waals surface area contributed by atoms with Crippen LogP contribution in [-0.2, 0) is 16.1 Å². The van der Waals surface area contributed by atoms with Crippen molar-refractivity contribution in [1.29, 1.82) is 0 Å². The molecule has 10 heteroatoms. The zero-order valence-electron chi connectivity index (χ0n) is 24.3. The Kier molecular flexibility index (Phi) is 11.6. The van der Waals surface area contributed by atoms with Crippen LogP contribution in [0.3, 0.4) is 0 Å². The molecular weight excluding hydrogens is 566 g/mol. The van der Waals surface area contributed by atoms with Gasteiger partial charge in [0.1, 0.15) is 5.82 Å². The fraction of sp³-hybridized carbons (Fsp3) is 0.581. The molecule has 2 aromatic rings. The van der Waals surface area contributed by atoms with Gasteiger partial charge in [-0.3, -0.25) is 19.5 Å². The number of ether oxygens (including phenoxy) is 1. The Morgan fingerprint density at radius 1 is 1.07 bits per heavy atom. The van der Waals surface area contributed by atoms with Gasteiger partial charge in [-0.1, -0.05) is 12.1 Å². The van der Waals surface area contributed by atoms with Crippen molar-refractivity contribution in [3.8, 4) is 0 Å². The van der Waals surface area contributed by atoms with Gasteiger partial charge in [-0.05, 0) is 82.2 Å². The van der Waals surface area contributed by atoms with Gasteiger partial charge in [0.25, 0.3) is 5.91 Å². The van der Waals surface area contributed by atoms with Crippen molar-refractivity contribution >= 4 is 36.6 Å². The van der Waals surface area contributed by atoms with Gasteiger partial charge in [0.2, 0.25) is 5.91 Å². The number of piperidine rings is 2. The van der Waals surface area contributed by atoms with E-state index >= 15 is 0 Å². The second kappa shape index (κ2) is 14.3. The van der Waals surface area contributed by atoms with Crippen LogP contribution in [0.25, 0.3) is 0 Å². The lowest BCUT2D eigenvalue weighted by atomic mass is 9.85. The van der Waals surface area contributed by atoms with E-state index < -0.39 is 0 Å². The second-order valence-corrected chi connectivity index (χ2v) is 11.8. The smallest absolute Gasteiger partial charge is 0.255 e. The number of halogens is 3. The average molecular weight is 610 g/mol. The molecule has 3 aliphatic rings. The first kappa shape index (κ1) is 33.2. The highest BCUT2D eigenvalue weighted by atomic mass is 35.5. The molecule has 0 N–H and O–H groups in total. The minimum Gasteiger partial charge on any atom is -0.381 e. The minimum atomic E-state index is -0.273. The number of likely N-dealkylation sites (tertiary alicyclic amines) is 2. The molecule has 0 spiro atoms. The van der Waals surface area contributed by atoms with Gasteiger partial charge < -0.3 is 14.5 Å². The van der Waals surface area contributed by atoms with Crippen LogP contribution >= 0.6 is 24.8 Å². The van der Waals surface area contributed by atoms with Crippen LogP contribution in [0.4, 0.5) is 4.39 Å². The summed E-state index contributed by atoms with van der Waals surface area (Å²) in [6, 6.07) is 8.61. The number of rotatable bonds is 6. The van der Waals surface area contributed by atoms with E-state index in [1.807, 2.05) is 35.8 Å². The molecule has 0 radical (unpaired) electrons. The van der Waals surface area contributed by atoms with E-state index in [9.17, 15) is 14.0 Å². The molecule has 226 valence electrons. The normalized spacial score (nSPS) is 21.1. The van der Waals surface area contributed by atoms with Crippen LogP contribution in [-0.4, -0.2) is 82.5 Å². The largest absolute Gasteiger partial charge is 0.381 e. The molecule has 3 aliphatic heterocycles. The Labute approximate surface area is 255 Å². The number of pyridine rings is 1. The van der Waals surface area contributed by atoms with E-state index in [2.05, 4.69) is 16.8 Å². The van der Waals surface area contributed by atoms with Crippen LogP contribution in [0.2, 0.25) is 0 Å². The summed E-state index contributed by atoms with van der Waals surface area (Å²) in [5.41, 5.74) is 3.35. The van der Waals surface area contributed by atoms with Crippen LogP contribution in [0.15, 0.2) is 36.5 Å². The summed E-state index contributed by atoms with van der Waals surface area (Å²) < 4.78 is 19.4. The van der Waals surface area contributed by atoms with Crippen molar-refractivity contribution in [3.63, 3.8) is 0 Å². The summed E-state index contributed by atoms with van der Waals surface area (Å²) in [7, 11) is 0. The topological polar surface area (TPSA) is 66.0 Å². The summed E-state index contributed by atoms with van der Waals surface area (Å²) in [5, 5.41) is 0. The van der Waals surface area contributed by atoms with E-state index in [1.54, 1.807) is 12.3 Å². The monoisotopic (exact) mass is 608 g/mol. The van der Waals surface area contributed by atoms with Crippen molar-refractivity contribution in [2.24, 2.45) is 5.92 Å². The van der Waals surface area contributed by atoms with Gasteiger partial charge in [0.05, 0.1) is 23.8 Å². The van der Waals surface area contributed by atoms with E-state index in [4.69, 9.17) is 4.74 Å². The number of aryl methyl sites for hydroxylation is 2. The van der Waals surface area contributed by atoms with Crippen molar-refractivity contribution in [3.05, 3.63) is 64.7 Å². The quantitative estimate of drug-likeness (QED) is 0.451. The molecule has 41 heavy (non-hydrogen) atoms. The fourth-order valence-corrected chi connectivity index (χ4v) is 6.58. The molecule has 1 aromatic heterocycles. The van der Waals surface area contributed by atoms with Crippen molar-refractivity contribution in [2.75, 3.05) is 39.4 Å². The maximum atomic E-state index is 13.9. The lowest BCUT2D eigenvalue weighted by Crippen LogP contribution is -2.58. The first-order valence-electron chi connectivity index (χ1n) is 14.3. The van der Waals surface area contributed by atoms with Crippen LogP contribution in [0.5, 0.6) is 0 Å². The Bertz CT molecular complexity index is 1170. The van der Waals surface area contributed by atoms with Gasteiger partial charge in [-0.15, -0.1) is 24.8 Å². The van der Waals surface area contributed by atoms with E-state index in [0.29, 0.717) is 19.8 Å².